The van der Waals surface area contributed by atoms with Crippen LogP contribution in [0, 0.1) is 0 Å². The van der Waals surface area contributed by atoms with Crippen LogP contribution < -0.4 is 10.2 Å². The van der Waals surface area contributed by atoms with E-state index in [9.17, 15) is 9.59 Å². The van der Waals surface area contributed by atoms with Crippen molar-refractivity contribution >= 4 is 60.3 Å². The van der Waals surface area contributed by atoms with Gasteiger partial charge in [0.2, 0.25) is 5.91 Å². The van der Waals surface area contributed by atoms with Crippen LogP contribution in [-0.4, -0.2) is 23.3 Å². The molecule has 0 radical (unpaired) electrons. The summed E-state index contributed by atoms with van der Waals surface area (Å²) in [5.41, 5.74) is 3.41. The summed E-state index contributed by atoms with van der Waals surface area (Å²) < 4.78 is 1.83. The minimum atomic E-state index is -0.130. The van der Waals surface area contributed by atoms with Gasteiger partial charge in [0, 0.05) is 51.2 Å². The highest BCUT2D eigenvalue weighted by Gasteiger charge is 2.21. The van der Waals surface area contributed by atoms with Crippen LogP contribution in [0.3, 0.4) is 0 Å². The maximum Gasteiger partial charge on any atom is 0.253 e. The molecule has 138 valence electrons. The van der Waals surface area contributed by atoms with Crippen molar-refractivity contribution in [1.82, 2.24) is 10.3 Å². The average molecular weight is 491 g/mol. The molecule has 2 N–H and O–H groups in total. The van der Waals surface area contributed by atoms with Crippen LogP contribution in [-0.2, 0) is 11.3 Å². The van der Waals surface area contributed by atoms with Crippen LogP contribution in [0.5, 0.6) is 0 Å². The predicted molar refractivity (Wildman–Crippen MR) is 113 cm³/mol. The Morgan fingerprint density at radius 3 is 2.59 bits per heavy atom. The third-order valence-corrected chi connectivity index (χ3v) is 6.59. The Balaban J connectivity index is 1.45. The molecular formula is C20H17Br2N3O2. The van der Waals surface area contributed by atoms with E-state index in [0.29, 0.717) is 18.5 Å². The van der Waals surface area contributed by atoms with Gasteiger partial charge in [0.25, 0.3) is 5.91 Å². The van der Waals surface area contributed by atoms with Gasteiger partial charge >= 0.3 is 0 Å². The maximum atomic E-state index is 12.6. The fourth-order valence-corrected chi connectivity index (χ4v) is 3.98. The minimum Gasteiger partial charge on any atom is -0.360 e. The molecule has 7 heteroatoms. The molecule has 1 aromatic heterocycles. The van der Waals surface area contributed by atoms with E-state index in [-0.39, 0.29) is 11.8 Å². The molecule has 1 aliphatic heterocycles. The molecule has 2 heterocycles. The molecule has 27 heavy (non-hydrogen) atoms. The largest absolute Gasteiger partial charge is 0.360 e. The number of nitrogens with one attached hydrogen (secondary N) is 2. The third kappa shape index (κ3) is 3.66. The summed E-state index contributed by atoms with van der Waals surface area (Å²) in [6.07, 6.45) is 3.25. The van der Waals surface area contributed by atoms with Gasteiger partial charge < -0.3 is 15.2 Å². The summed E-state index contributed by atoms with van der Waals surface area (Å²) in [6, 6.07) is 11.6. The Morgan fingerprint density at radius 2 is 1.89 bits per heavy atom. The van der Waals surface area contributed by atoms with Crippen molar-refractivity contribution in [2.24, 2.45) is 0 Å². The number of anilines is 1. The van der Waals surface area contributed by atoms with Gasteiger partial charge in [-0.25, -0.2) is 0 Å². The molecule has 0 bridgehead atoms. The second kappa shape index (κ2) is 7.48. The van der Waals surface area contributed by atoms with E-state index in [4.69, 9.17) is 0 Å². The van der Waals surface area contributed by atoms with Gasteiger partial charge in [-0.3, -0.25) is 9.59 Å². The summed E-state index contributed by atoms with van der Waals surface area (Å²) in [6.45, 7) is 1.21. The average Bonchev–Trinajstić information content (AvgIpc) is 3.27. The van der Waals surface area contributed by atoms with Crippen molar-refractivity contribution in [2.75, 3.05) is 11.4 Å². The number of carbonyl (C=O) groups is 2. The Hall–Kier alpha value is -2.12. The molecule has 1 aliphatic rings. The topological polar surface area (TPSA) is 65.2 Å². The number of halogens is 2. The predicted octanol–water partition coefficient (Wildman–Crippen LogP) is 4.75. The molecule has 4 rings (SSSR count). The van der Waals surface area contributed by atoms with Crippen molar-refractivity contribution < 1.29 is 9.59 Å². The molecule has 0 spiro atoms. The van der Waals surface area contributed by atoms with Gasteiger partial charge in [0.05, 0.1) is 5.56 Å². The van der Waals surface area contributed by atoms with Gasteiger partial charge in [0.15, 0.2) is 0 Å². The van der Waals surface area contributed by atoms with Crippen LogP contribution in [0.1, 0.15) is 28.8 Å². The van der Waals surface area contributed by atoms with Gasteiger partial charge in [-0.05, 0) is 68.1 Å². The zero-order chi connectivity index (χ0) is 19.0. The summed E-state index contributed by atoms with van der Waals surface area (Å²) in [5.74, 6) is 0.0439. The van der Waals surface area contributed by atoms with Crippen molar-refractivity contribution in [2.45, 2.75) is 19.4 Å². The van der Waals surface area contributed by atoms with Gasteiger partial charge in [-0.1, -0.05) is 12.1 Å². The first-order valence-corrected chi connectivity index (χ1v) is 10.2. The first-order valence-electron chi connectivity index (χ1n) is 8.66. The molecule has 2 aromatic carbocycles. The maximum absolute atomic E-state index is 12.6. The number of fused-ring (bicyclic) bond motifs is 1. The molecule has 0 aliphatic carbocycles. The standard InChI is InChI=1S/C20H17Br2N3O2/c21-16-8-14-15(11-23-18(14)9-17(16)22)20(27)24-10-12-3-5-13(6-4-12)25-7-1-2-19(25)26/h3-6,8-9,11,23H,1-2,7,10H2,(H,24,27). The fourth-order valence-electron chi connectivity index (χ4n) is 3.30. The van der Waals surface area contributed by atoms with E-state index >= 15 is 0 Å². The Kier molecular flexibility index (Phi) is 5.06. The monoisotopic (exact) mass is 489 g/mol. The summed E-state index contributed by atoms with van der Waals surface area (Å²) in [4.78, 5) is 29.4. The Labute approximate surface area is 173 Å². The number of benzene rings is 2. The van der Waals surface area contributed by atoms with Crippen LogP contribution in [0.25, 0.3) is 10.9 Å². The first-order chi connectivity index (χ1) is 13.0. The van der Waals surface area contributed by atoms with E-state index in [1.54, 1.807) is 6.20 Å². The molecular weight excluding hydrogens is 474 g/mol. The number of aromatic amines is 1. The lowest BCUT2D eigenvalue weighted by atomic mass is 10.1. The van der Waals surface area contributed by atoms with Gasteiger partial charge in [-0.15, -0.1) is 0 Å². The molecule has 0 unspecified atom stereocenters. The van der Waals surface area contributed by atoms with E-state index in [2.05, 4.69) is 42.2 Å². The van der Waals surface area contributed by atoms with E-state index < -0.39 is 0 Å². The summed E-state index contributed by atoms with van der Waals surface area (Å²) >= 11 is 6.94. The summed E-state index contributed by atoms with van der Waals surface area (Å²) in [7, 11) is 0. The number of carbonyl (C=O) groups excluding carboxylic acids is 2. The van der Waals surface area contributed by atoms with E-state index in [1.165, 1.54) is 0 Å². The normalized spacial score (nSPS) is 14.1. The lowest BCUT2D eigenvalue weighted by Gasteiger charge is -2.16. The van der Waals surface area contributed by atoms with Gasteiger partial charge in [-0.2, -0.15) is 0 Å². The minimum absolute atomic E-state index is 0.130. The van der Waals surface area contributed by atoms with Crippen molar-refractivity contribution in [3.63, 3.8) is 0 Å². The fraction of sp³-hybridized carbons (Fsp3) is 0.200. The molecule has 5 nitrogen and oxygen atoms in total. The van der Waals surface area contributed by atoms with Crippen molar-refractivity contribution in [1.29, 1.82) is 0 Å². The number of amides is 2. The zero-order valence-electron chi connectivity index (χ0n) is 14.4. The van der Waals surface area contributed by atoms with Crippen LogP contribution in [0.4, 0.5) is 5.69 Å². The number of rotatable bonds is 4. The highest BCUT2D eigenvalue weighted by Crippen LogP contribution is 2.30. The second-order valence-corrected chi connectivity index (χ2v) is 8.22. The molecule has 3 aromatic rings. The summed E-state index contributed by atoms with van der Waals surface area (Å²) in [5, 5.41) is 3.83. The lowest BCUT2D eigenvalue weighted by molar-refractivity contribution is -0.117. The van der Waals surface area contributed by atoms with Crippen LogP contribution in [0.15, 0.2) is 51.5 Å². The zero-order valence-corrected chi connectivity index (χ0v) is 17.6. The number of H-pyrrole nitrogens is 1. The molecule has 1 saturated heterocycles. The van der Waals surface area contributed by atoms with Crippen molar-refractivity contribution in [3.05, 3.63) is 62.7 Å². The van der Waals surface area contributed by atoms with E-state index in [0.717, 1.165) is 44.1 Å². The third-order valence-electron chi connectivity index (χ3n) is 4.74. The smallest absolute Gasteiger partial charge is 0.253 e. The SMILES string of the molecule is O=C(NCc1ccc(N2CCCC2=O)cc1)c1c[nH]c2cc(Br)c(Br)cc12. The number of hydrogen-bond acceptors (Lipinski definition) is 2. The van der Waals surface area contributed by atoms with Crippen LogP contribution in [0.2, 0.25) is 0 Å². The lowest BCUT2D eigenvalue weighted by Crippen LogP contribution is -2.24. The van der Waals surface area contributed by atoms with Crippen LogP contribution >= 0.6 is 31.9 Å². The number of aromatic nitrogens is 1. The molecule has 1 fully saturated rings. The Morgan fingerprint density at radius 1 is 1.15 bits per heavy atom. The molecule has 0 atom stereocenters. The quantitative estimate of drug-likeness (QED) is 0.554. The first kappa shape index (κ1) is 18.3. The van der Waals surface area contributed by atoms with Crippen molar-refractivity contribution in [3.8, 4) is 0 Å². The van der Waals surface area contributed by atoms with E-state index in [1.807, 2.05) is 41.3 Å². The molecule has 0 saturated carbocycles. The number of hydrogen-bond donors (Lipinski definition) is 2. The highest BCUT2D eigenvalue weighted by molar-refractivity contribution is 9.13. The van der Waals surface area contributed by atoms with Gasteiger partial charge in [0.1, 0.15) is 0 Å². The Bertz CT molecular complexity index is 1030. The second-order valence-electron chi connectivity index (χ2n) is 6.51. The highest BCUT2D eigenvalue weighted by atomic mass is 79.9. The molecule has 2 amide bonds. The number of nitrogens with zero attached hydrogens (tertiary/aromatic N) is 1.